The van der Waals surface area contributed by atoms with E-state index >= 15 is 0 Å². The van der Waals surface area contributed by atoms with E-state index in [0.29, 0.717) is 17.3 Å². The molecule has 0 aliphatic rings. The lowest BCUT2D eigenvalue weighted by molar-refractivity contribution is -0.384. The van der Waals surface area contributed by atoms with Gasteiger partial charge in [0.25, 0.3) is 5.69 Å². The third-order valence-electron chi connectivity index (χ3n) is 4.20. The second-order valence-corrected chi connectivity index (χ2v) is 6.42. The van der Waals surface area contributed by atoms with Crippen LogP contribution in [0.15, 0.2) is 54.6 Å². The highest BCUT2D eigenvalue weighted by atomic mass is 32.1. The SMILES string of the molecule is Cc1nn(-c2ccccc2)c(C)c1CNC(=S)Nc1ccc([N+](=O)[O-])cc1. The molecule has 0 bridgehead atoms. The number of anilines is 1. The van der Waals surface area contributed by atoms with E-state index in [1.807, 2.05) is 48.9 Å². The number of hydrogen-bond donors (Lipinski definition) is 2. The number of nitrogens with zero attached hydrogens (tertiary/aromatic N) is 3. The number of rotatable bonds is 5. The lowest BCUT2D eigenvalue weighted by Crippen LogP contribution is -2.28. The van der Waals surface area contributed by atoms with Crippen molar-refractivity contribution in [2.24, 2.45) is 0 Å². The smallest absolute Gasteiger partial charge is 0.269 e. The lowest BCUT2D eigenvalue weighted by atomic mass is 10.2. The van der Waals surface area contributed by atoms with Crippen LogP contribution in [-0.2, 0) is 6.54 Å². The summed E-state index contributed by atoms with van der Waals surface area (Å²) in [5, 5.41) is 21.9. The fourth-order valence-corrected chi connectivity index (χ4v) is 2.95. The molecule has 0 saturated heterocycles. The molecule has 8 heteroatoms. The number of nitro groups is 1. The van der Waals surface area contributed by atoms with Crippen molar-refractivity contribution in [3.8, 4) is 5.69 Å². The number of thiocarbonyl (C=S) groups is 1. The van der Waals surface area contributed by atoms with E-state index in [1.54, 1.807) is 12.1 Å². The van der Waals surface area contributed by atoms with E-state index < -0.39 is 4.92 Å². The maximum absolute atomic E-state index is 10.7. The minimum Gasteiger partial charge on any atom is -0.358 e. The number of para-hydroxylation sites is 1. The minimum absolute atomic E-state index is 0.0407. The van der Waals surface area contributed by atoms with Crippen LogP contribution >= 0.6 is 12.2 Å². The number of nitrogens with one attached hydrogen (secondary N) is 2. The van der Waals surface area contributed by atoms with Crippen molar-refractivity contribution < 1.29 is 4.92 Å². The Bertz CT molecular complexity index is 968. The Morgan fingerprint density at radius 2 is 1.81 bits per heavy atom. The first kappa shape index (κ1) is 18.5. The fourth-order valence-electron chi connectivity index (χ4n) is 2.76. The van der Waals surface area contributed by atoms with Gasteiger partial charge in [0.05, 0.1) is 16.3 Å². The molecule has 0 saturated carbocycles. The molecule has 0 spiro atoms. The molecule has 0 aliphatic heterocycles. The largest absolute Gasteiger partial charge is 0.358 e. The summed E-state index contributed by atoms with van der Waals surface area (Å²) in [6.07, 6.45) is 0. The third-order valence-corrected chi connectivity index (χ3v) is 4.45. The molecule has 27 heavy (non-hydrogen) atoms. The van der Waals surface area contributed by atoms with Crippen molar-refractivity contribution in [1.82, 2.24) is 15.1 Å². The second kappa shape index (κ2) is 7.96. The summed E-state index contributed by atoms with van der Waals surface area (Å²) >= 11 is 5.32. The molecule has 138 valence electrons. The molecule has 1 heterocycles. The van der Waals surface area contributed by atoms with Crippen molar-refractivity contribution in [2.75, 3.05) is 5.32 Å². The van der Waals surface area contributed by atoms with E-state index in [9.17, 15) is 10.1 Å². The molecule has 0 amide bonds. The molecule has 3 rings (SSSR count). The molecule has 7 nitrogen and oxygen atoms in total. The van der Waals surface area contributed by atoms with Gasteiger partial charge in [-0.25, -0.2) is 4.68 Å². The van der Waals surface area contributed by atoms with Crippen LogP contribution in [0.2, 0.25) is 0 Å². The van der Waals surface area contributed by atoms with Gasteiger partial charge in [0.2, 0.25) is 0 Å². The van der Waals surface area contributed by atoms with Crippen LogP contribution in [0.5, 0.6) is 0 Å². The first-order valence-electron chi connectivity index (χ1n) is 8.35. The average Bonchev–Trinajstić information content (AvgIpc) is 2.95. The van der Waals surface area contributed by atoms with Crippen LogP contribution < -0.4 is 10.6 Å². The highest BCUT2D eigenvalue weighted by Crippen LogP contribution is 2.18. The van der Waals surface area contributed by atoms with Gasteiger partial charge in [0, 0.05) is 35.6 Å². The summed E-state index contributed by atoms with van der Waals surface area (Å²) in [5.74, 6) is 0. The van der Waals surface area contributed by atoms with Gasteiger partial charge in [-0.15, -0.1) is 0 Å². The molecule has 0 atom stereocenters. The molecule has 0 unspecified atom stereocenters. The number of benzene rings is 2. The van der Waals surface area contributed by atoms with Gasteiger partial charge in [0.15, 0.2) is 5.11 Å². The van der Waals surface area contributed by atoms with E-state index in [2.05, 4.69) is 15.7 Å². The Morgan fingerprint density at radius 1 is 1.15 bits per heavy atom. The predicted octanol–water partition coefficient (Wildman–Crippen LogP) is 3.88. The number of nitro benzene ring substituents is 1. The Morgan fingerprint density at radius 3 is 2.44 bits per heavy atom. The standard InChI is InChI=1S/C19H19N5O2S/c1-13-18(14(2)23(22-13)16-6-4-3-5-7-16)12-20-19(27)21-15-8-10-17(11-9-15)24(25)26/h3-11H,12H2,1-2H3,(H2,20,21,27). The summed E-state index contributed by atoms with van der Waals surface area (Å²) < 4.78 is 1.92. The zero-order valence-electron chi connectivity index (χ0n) is 15.0. The molecule has 0 aliphatic carbocycles. The molecule has 2 aromatic carbocycles. The molecule has 3 aromatic rings. The van der Waals surface area contributed by atoms with Gasteiger partial charge in [-0.3, -0.25) is 10.1 Å². The Labute approximate surface area is 162 Å². The molecule has 1 aromatic heterocycles. The monoisotopic (exact) mass is 381 g/mol. The van der Waals surface area contributed by atoms with Gasteiger partial charge < -0.3 is 10.6 Å². The number of hydrogen-bond acceptors (Lipinski definition) is 4. The molecule has 2 N–H and O–H groups in total. The Hall–Kier alpha value is -3.26. The molecule has 0 radical (unpaired) electrons. The topological polar surface area (TPSA) is 85.0 Å². The van der Waals surface area contributed by atoms with Crippen molar-refractivity contribution in [2.45, 2.75) is 20.4 Å². The maximum Gasteiger partial charge on any atom is 0.269 e. The zero-order valence-corrected chi connectivity index (χ0v) is 15.8. The highest BCUT2D eigenvalue weighted by molar-refractivity contribution is 7.80. The van der Waals surface area contributed by atoms with E-state index in [-0.39, 0.29) is 5.69 Å². The Kier molecular flexibility index (Phi) is 5.46. The number of aryl methyl sites for hydroxylation is 1. The summed E-state index contributed by atoms with van der Waals surface area (Å²) in [6, 6.07) is 16.1. The van der Waals surface area contributed by atoms with Crippen LogP contribution in [0.1, 0.15) is 17.0 Å². The van der Waals surface area contributed by atoms with Gasteiger partial charge >= 0.3 is 0 Å². The van der Waals surface area contributed by atoms with Gasteiger partial charge in [-0.1, -0.05) is 18.2 Å². The fraction of sp³-hybridized carbons (Fsp3) is 0.158. The summed E-state index contributed by atoms with van der Waals surface area (Å²) in [7, 11) is 0. The Balaban J connectivity index is 1.65. The maximum atomic E-state index is 10.7. The van der Waals surface area contributed by atoms with E-state index in [0.717, 1.165) is 22.6 Å². The van der Waals surface area contributed by atoms with Crippen LogP contribution in [0.3, 0.4) is 0 Å². The van der Waals surface area contributed by atoms with Gasteiger partial charge in [-0.2, -0.15) is 5.10 Å². The average molecular weight is 381 g/mol. The van der Waals surface area contributed by atoms with E-state index in [4.69, 9.17) is 12.2 Å². The van der Waals surface area contributed by atoms with Crippen LogP contribution in [-0.4, -0.2) is 19.8 Å². The van der Waals surface area contributed by atoms with Crippen LogP contribution in [0.25, 0.3) is 5.69 Å². The second-order valence-electron chi connectivity index (χ2n) is 6.01. The molecular weight excluding hydrogens is 362 g/mol. The van der Waals surface area contributed by atoms with Crippen molar-refractivity contribution in [3.63, 3.8) is 0 Å². The molecule has 0 fully saturated rings. The quantitative estimate of drug-likeness (QED) is 0.396. The summed E-state index contributed by atoms with van der Waals surface area (Å²) in [6.45, 7) is 4.52. The first-order chi connectivity index (χ1) is 13.0. The van der Waals surface area contributed by atoms with Crippen molar-refractivity contribution in [1.29, 1.82) is 0 Å². The predicted molar refractivity (Wildman–Crippen MR) is 109 cm³/mol. The lowest BCUT2D eigenvalue weighted by Gasteiger charge is -2.11. The van der Waals surface area contributed by atoms with Crippen LogP contribution in [0, 0.1) is 24.0 Å². The first-order valence-corrected chi connectivity index (χ1v) is 8.76. The number of aromatic nitrogens is 2. The van der Waals surface area contributed by atoms with Crippen LogP contribution in [0.4, 0.5) is 11.4 Å². The van der Waals surface area contributed by atoms with Gasteiger partial charge in [-0.05, 0) is 50.3 Å². The van der Waals surface area contributed by atoms with Gasteiger partial charge in [0.1, 0.15) is 0 Å². The minimum atomic E-state index is -0.434. The number of non-ortho nitro benzene ring substituents is 1. The highest BCUT2D eigenvalue weighted by Gasteiger charge is 2.13. The summed E-state index contributed by atoms with van der Waals surface area (Å²) in [5.41, 5.74) is 4.79. The molecular formula is C19H19N5O2S. The third kappa shape index (κ3) is 4.29. The normalized spacial score (nSPS) is 10.4. The summed E-state index contributed by atoms with van der Waals surface area (Å²) in [4.78, 5) is 10.3. The van der Waals surface area contributed by atoms with Crippen molar-refractivity contribution >= 4 is 28.7 Å². The zero-order chi connectivity index (χ0) is 19.4. The van der Waals surface area contributed by atoms with Crippen molar-refractivity contribution in [3.05, 3.63) is 81.7 Å². The van der Waals surface area contributed by atoms with E-state index in [1.165, 1.54) is 12.1 Å².